The average Bonchev–Trinajstić information content (AvgIpc) is 3.17. The lowest BCUT2D eigenvalue weighted by molar-refractivity contribution is -0.384. The summed E-state index contributed by atoms with van der Waals surface area (Å²) in [6, 6.07) is 4.51. The fraction of sp³-hybridized carbons (Fsp3) is 0.571. The van der Waals surface area contributed by atoms with Crippen LogP contribution in [0.4, 0.5) is 10.5 Å². The second-order valence-corrected chi connectivity index (χ2v) is 9.46. The van der Waals surface area contributed by atoms with Gasteiger partial charge in [-0.1, -0.05) is 13.8 Å². The Morgan fingerprint density at radius 2 is 1.84 bits per heavy atom. The normalized spacial score (nSPS) is 20.6. The van der Waals surface area contributed by atoms with E-state index in [1.807, 2.05) is 13.8 Å². The second-order valence-electron chi connectivity index (χ2n) is 9.46. The molecule has 1 amide bonds. The predicted octanol–water partition coefficient (Wildman–Crippen LogP) is 3.80. The lowest BCUT2D eigenvalue weighted by Gasteiger charge is -2.34. The molecule has 1 aromatic carbocycles. The first-order valence-electron chi connectivity index (χ1n) is 10.3. The molecule has 2 aromatic rings. The van der Waals surface area contributed by atoms with Crippen molar-refractivity contribution < 1.29 is 23.6 Å². The fourth-order valence-corrected chi connectivity index (χ4v) is 3.62. The molecule has 174 valence electrons. The van der Waals surface area contributed by atoms with E-state index in [0.717, 1.165) is 4.68 Å². The van der Waals surface area contributed by atoms with Crippen LogP contribution in [-0.2, 0) is 9.47 Å². The summed E-state index contributed by atoms with van der Waals surface area (Å²) in [5, 5.41) is 15.2. The van der Waals surface area contributed by atoms with E-state index in [0.29, 0.717) is 5.69 Å². The van der Waals surface area contributed by atoms with Crippen LogP contribution in [0, 0.1) is 16.0 Å². The molecule has 1 saturated heterocycles. The zero-order valence-electron chi connectivity index (χ0n) is 19.2. The van der Waals surface area contributed by atoms with Crippen molar-refractivity contribution in [2.24, 2.45) is 5.92 Å². The topological polar surface area (TPSA) is 130 Å². The molecule has 11 nitrogen and oxygen atoms in total. The van der Waals surface area contributed by atoms with E-state index in [1.165, 1.54) is 29.2 Å². The number of carbonyl (C=O) groups is 1. The van der Waals surface area contributed by atoms with E-state index >= 15 is 0 Å². The molecule has 3 rings (SSSR count). The predicted molar refractivity (Wildman–Crippen MR) is 113 cm³/mol. The molecule has 0 aliphatic carbocycles. The molecule has 0 unspecified atom stereocenters. The van der Waals surface area contributed by atoms with Crippen LogP contribution in [0.1, 0.15) is 60.4 Å². The van der Waals surface area contributed by atoms with Gasteiger partial charge in [0.05, 0.1) is 16.7 Å². The minimum atomic E-state index is -1.04. The molecule has 1 aromatic heterocycles. The number of benzene rings is 1. The summed E-state index contributed by atoms with van der Waals surface area (Å²) >= 11 is 0. The molecule has 1 aliphatic rings. The van der Waals surface area contributed by atoms with Crippen molar-refractivity contribution in [2.45, 2.75) is 71.9 Å². The number of ether oxygens (including phenoxy) is 2. The minimum absolute atomic E-state index is 0.0107. The van der Waals surface area contributed by atoms with Crippen LogP contribution in [0.25, 0.3) is 5.69 Å². The summed E-state index contributed by atoms with van der Waals surface area (Å²) in [5.74, 6) is -0.838. The molecule has 2 heterocycles. The third-order valence-electron chi connectivity index (χ3n) is 4.96. The van der Waals surface area contributed by atoms with Gasteiger partial charge >= 0.3 is 11.8 Å². The van der Waals surface area contributed by atoms with Gasteiger partial charge in [0.2, 0.25) is 5.89 Å². The third-order valence-corrected chi connectivity index (χ3v) is 4.96. The molecule has 32 heavy (non-hydrogen) atoms. The van der Waals surface area contributed by atoms with Crippen molar-refractivity contribution in [1.82, 2.24) is 14.7 Å². The molecule has 0 saturated carbocycles. The van der Waals surface area contributed by atoms with Crippen molar-refractivity contribution in [3.63, 3.8) is 0 Å². The van der Waals surface area contributed by atoms with E-state index in [-0.39, 0.29) is 17.5 Å². The highest BCUT2D eigenvalue weighted by molar-refractivity contribution is 5.70. The zero-order chi connectivity index (χ0) is 24.0. The number of hydrogen-bond acceptors (Lipinski definition) is 8. The minimum Gasteiger partial charge on any atom is -0.444 e. The molecular formula is C21H28N4O7. The Morgan fingerprint density at radius 3 is 2.34 bits per heavy atom. The molecule has 1 fully saturated rings. The Bertz CT molecular complexity index is 1060. The van der Waals surface area contributed by atoms with Gasteiger partial charge in [0.15, 0.2) is 0 Å². The van der Waals surface area contributed by atoms with Crippen LogP contribution in [0.15, 0.2) is 33.5 Å². The highest BCUT2D eigenvalue weighted by atomic mass is 16.6. The van der Waals surface area contributed by atoms with E-state index in [4.69, 9.17) is 13.9 Å². The lowest BCUT2D eigenvalue weighted by atomic mass is 9.99. The van der Waals surface area contributed by atoms with Crippen molar-refractivity contribution >= 4 is 11.8 Å². The third kappa shape index (κ3) is 4.52. The van der Waals surface area contributed by atoms with E-state index < -0.39 is 40.2 Å². The first kappa shape index (κ1) is 23.5. The molecule has 11 heteroatoms. The smallest absolute Gasteiger partial charge is 0.442 e. The Kier molecular flexibility index (Phi) is 5.90. The van der Waals surface area contributed by atoms with Crippen LogP contribution >= 0.6 is 0 Å². The van der Waals surface area contributed by atoms with Crippen molar-refractivity contribution in [3.8, 4) is 5.69 Å². The second kappa shape index (κ2) is 8.05. The number of nitro benzene ring substituents is 1. The van der Waals surface area contributed by atoms with E-state index in [9.17, 15) is 19.7 Å². The van der Waals surface area contributed by atoms with Gasteiger partial charge in [-0.2, -0.15) is 4.68 Å². The molecule has 0 bridgehead atoms. The summed E-state index contributed by atoms with van der Waals surface area (Å²) in [5.41, 5.74) is -1.62. The Morgan fingerprint density at radius 1 is 1.25 bits per heavy atom. The van der Waals surface area contributed by atoms with Gasteiger partial charge in [-0.3, -0.25) is 15.0 Å². The average molecular weight is 448 g/mol. The number of rotatable bonds is 4. The van der Waals surface area contributed by atoms with Gasteiger partial charge in [-0.15, -0.1) is 5.10 Å². The highest BCUT2D eigenvalue weighted by Crippen LogP contribution is 2.44. The summed E-state index contributed by atoms with van der Waals surface area (Å²) in [4.78, 5) is 37.4. The van der Waals surface area contributed by atoms with Gasteiger partial charge in [-0.25, -0.2) is 9.59 Å². The number of carbonyl (C=O) groups excluding carboxylic acids is 1. The maximum Gasteiger partial charge on any atom is 0.442 e. The van der Waals surface area contributed by atoms with E-state index in [2.05, 4.69) is 5.10 Å². The number of amides is 1. The van der Waals surface area contributed by atoms with Gasteiger partial charge in [-0.05, 0) is 52.7 Å². The van der Waals surface area contributed by atoms with Gasteiger partial charge in [0, 0.05) is 12.1 Å². The Labute approximate surface area is 185 Å². The molecule has 1 aliphatic heterocycles. The maximum absolute atomic E-state index is 13.1. The monoisotopic (exact) mass is 448 g/mol. The van der Waals surface area contributed by atoms with Crippen molar-refractivity contribution in [2.75, 3.05) is 0 Å². The molecule has 0 spiro atoms. The summed E-state index contributed by atoms with van der Waals surface area (Å²) in [6.45, 7) is 12.6. The van der Waals surface area contributed by atoms with Gasteiger partial charge in [0.25, 0.3) is 5.69 Å². The van der Waals surface area contributed by atoms with Crippen LogP contribution in [-0.4, -0.2) is 43.1 Å². The SMILES string of the molecule is CC(C)[C@H]1OC(C)(C)N(C(=O)OC(C)(C)C)[C@@H]1c1nn(-c2ccc([N+](=O)[O-])cc2)c(=O)o1. The number of nitrogens with zero attached hydrogens (tertiary/aromatic N) is 4. The summed E-state index contributed by atoms with van der Waals surface area (Å²) in [7, 11) is 0. The summed E-state index contributed by atoms with van der Waals surface area (Å²) in [6.07, 6.45) is -1.14. The first-order chi connectivity index (χ1) is 14.7. The number of hydrogen-bond donors (Lipinski definition) is 0. The number of non-ortho nitro benzene ring substituents is 1. The lowest BCUT2D eigenvalue weighted by Crippen LogP contribution is -2.47. The quantitative estimate of drug-likeness (QED) is 0.510. The van der Waals surface area contributed by atoms with Crippen molar-refractivity contribution in [1.29, 1.82) is 0 Å². The number of nitro groups is 1. The molecule has 0 N–H and O–H groups in total. The zero-order valence-corrected chi connectivity index (χ0v) is 19.2. The van der Waals surface area contributed by atoms with Crippen molar-refractivity contribution in [3.05, 3.63) is 50.8 Å². The largest absolute Gasteiger partial charge is 0.444 e. The number of aromatic nitrogens is 2. The fourth-order valence-electron chi connectivity index (χ4n) is 3.62. The van der Waals surface area contributed by atoms with Crippen LogP contribution < -0.4 is 5.76 Å². The van der Waals surface area contributed by atoms with Crippen LogP contribution in [0.3, 0.4) is 0 Å². The van der Waals surface area contributed by atoms with Gasteiger partial charge in [0.1, 0.15) is 17.4 Å². The highest BCUT2D eigenvalue weighted by Gasteiger charge is 2.55. The van der Waals surface area contributed by atoms with Crippen LogP contribution in [0.5, 0.6) is 0 Å². The Hall–Kier alpha value is -3.21. The molecule has 2 atom stereocenters. The van der Waals surface area contributed by atoms with E-state index in [1.54, 1.807) is 34.6 Å². The molecular weight excluding hydrogens is 420 g/mol. The van der Waals surface area contributed by atoms with Crippen LogP contribution in [0.2, 0.25) is 0 Å². The molecule has 0 radical (unpaired) electrons. The standard InChI is InChI=1S/C21H28N4O7/c1-12(2)16-15(23(21(6,7)31-16)18(26)32-20(3,4)5)17-22-24(19(27)30-17)13-8-10-14(11-9-13)25(28)29/h8-12,15-16H,1-7H3/t15-,16+/m0/s1. The maximum atomic E-state index is 13.1. The first-order valence-corrected chi connectivity index (χ1v) is 10.3. The summed E-state index contributed by atoms with van der Waals surface area (Å²) < 4.78 is 18.2. The van der Waals surface area contributed by atoms with Gasteiger partial charge < -0.3 is 13.9 Å². The Balaban J connectivity index is 2.06.